The molecule has 0 unspecified atom stereocenters. The molecule has 26 heavy (non-hydrogen) atoms. The lowest BCUT2D eigenvalue weighted by molar-refractivity contribution is 0.0695. The largest absolute Gasteiger partial charge is 0.494 e. The molecule has 1 N–H and O–H groups in total. The summed E-state index contributed by atoms with van der Waals surface area (Å²) in [6.07, 6.45) is 1.44. The second kappa shape index (κ2) is 8.40. The molecule has 6 nitrogen and oxygen atoms in total. The molecule has 138 valence electrons. The molecular weight excluding hydrogens is 400 g/mol. The van der Waals surface area contributed by atoms with E-state index in [-0.39, 0.29) is 23.6 Å². The summed E-state index contributed by atoms with van der Waals surface area (Å²) < 4.78 is 11.2. The summed E-state index contributed by atoms with van der Waals surface area (Å²) in [6, 6.07) is 10.6. The van der Waals surface area contributed by atoms with Gasteiger partial charge in [0.2, 0.25) is 0 Å². The number of hydrogen-bond acceptors (Lipinski definition) is 4. The molecule has 1 aromatic carbocycles. The predicted octanol–water partition coefficient (Wildman–Crippen LogP) is 3.48. The van der Waals surface area contributed by atoms with Crippen LogP contribution in [0.1, 0.15) is 40.7 Å². The zero-order chi connectivity index (χ0) is 18.5. The molecule has 3 rings (SSSR count). The van der Waals surface area contributed by atoms with Gasteiger partial charge in [-0.3, -0.25) is 9.59 Å². The highest BCUT2D eigenvalue weighted by molar-refractivity contribution is 9.10. The Balaban J connectivity index is 1.51. The number of rotatable bonds is 5. The Kier molecular flexibility index (Phi) is 5.98. The first-order valence-electron chi connectivity index (χ1n) is 8.65. The Morgan fingerprint density at radius 3 is 2.46 bits per heavy atom. The van der Waals surface area contributed by atoms with E-state index in [1.165, 1.54) is 0 Å². The van der Waals surface area contributed by atoms with Crippen LogP contribution >= 0.6 is 15.9 Å². The topological polar surface area (TPSA) is 71.8 Å². The van der Waals surface area contributed by atoms with Crippen molar-refractivity contribution in [3.63, 3.8) is 0 Å². The smallest absolute Gasteiger partial charge is 0.287 e. The Hall–Kier alpha value is -2.28. The predicted molar refractivity (Wildman–Crippen MR) is 100 cm³/mol. The fourth-order valence-corrected chi connectivity index (χ4v) is 3.27. The van der Waals surface area contributed by atoms with Crippen molar-refractivity contribution in [3.05, 3.63) is 52.4 Å². The number of nitrogens with zero attached hydrogens (tertiary/aromatic N) is 1. The third kappa shape index (κ3) is 4.46. The molecule has 2 aromatic rings. The number of furan rings is 1. The van der Waals surface area contributed by atoms with E-state index < -0.39 is 0 Å². The van der Waals surface area contributed by atoms with Gasteiger partial charge in [-0.05, 0) is 72.1 Å². The lowest BCUT2D eigenvalue weighted by atomic mass is 10.0. The zero-order valence-corrected chi connectivity index (χ0v) is 16.1. The van der Waals surface area contributed by atoms with Crippen LogP contribution in [-0.4, -0.2) is 42.5 Å². The van der Waals surface area contributed by atoms with Crippen LogP contribution < -0.4 is 10.1 Å². The molecule has 2 heterocycles. The van der Waals surface area contributed by atoms with Crippen molar-refractivity contribution in [2.24, 2.45) is 0 Å². The Bertz CT molecular complexity index is 764. The number of hydrogen-bond donors (Lipinski definition) is 1. The van der Waals surface area contributed by atoms with E-state index >= 15 is 0 Å². The first-order chi connectivity index (χ1) is 12.6. The molecule has 0 bridgehead atoms. The molecule has 7 heteroatoms. The van der Waals surface area contributed by atoms with Crippen LogP contribution in [0.2, 0.25) is 0 Å². The first kappa shape index (κ1) is 18.5. The summed E-state index contributed by atoms with van der Waals surface area (Å²) in [4.78, 5) is 26.6. The van der Waals surface area contributed by atoms with Gasteiger partial charge in [0.05, 0.1) is 6.61 Å². The van der Waals surface area contributed by atoms with Crippen molar-refractivity contribution in [1.82, 2.24) is 10.2 Å². The van der Waals surface area contributed by atoms with Crippen molar-refractivity contribution in [2.75, 3.05) is 19.7 Å². The molecule has 1 fully saturated rings. The van der Waals surface area contributed by atoms with Gasteiger partial charge in [-0.2, -0.15) is 0 Å². The molecule has 0 aliphatic carbocycles. The van der Waals surface area contributed by atoms with Crippen LogP contribution in [0.3, 0.4) is 0 Å². The average molecular weight is 421 g/mol. The SMILES string of the molecule is CCOc1ccc(C(=O)N2CCC(NC(=O)c3ccc(Br)o3)CC2)cc1. The lowest BCUT2D eigenvalue weighted by Crippen LogP contribution is -2.46. The minimum atomic E-state index is -0.230. The maximum absolute atomic E-state index is 12.6. The summed E-state index contributed by atoms with van der Waals surface area (Å²) in [7, 11) is 0. The number of amides is 2. The summed E-state index contributed by atoms with van der Waals surface area (Å²) >= 11 is 3.19. The molecule has 0 saturated carbocycles. The van der Waals surface area contributed by atoms with Gasteiger partial charge >= 0.3 is 0 Å². The summed E-state index contributed by atoms with van der Waals surface area (Å²) in [5, 5.41) is 2.96. The van der Waals surface area contributed by atoms with E-state index in [0.29, 0.717) is 29.9 Å². The van der Waals surface area contributed by atoms with E-state index in [1.807, 2.05) is 24.0 Å². The van der Waals surface area contributed by atoms with Gasteiger partial charge < -0.3 is 19.4 Å². The van der Waals surface area contributed by atoms with Crippen LogP contribution in [0.15, 0.2) is 45.5 Å². The zero-order valence-electron chi connectivity index (χ0n) is 14.5. The molecule has 0 spiro atoms. The third-order valence-electron chi connectivity index (χ3n) is 4.33. The van der Waals surface area contributed by atoms with Crippen molar-refractivity contribution in [1.29, 1.82) is 0 Å². The minimum Gasteiger partial charge on any atom is -0.494 e. The number of benzene rings is 1. The van der Waals surface area contributed by atoms with Gasteiger partial charge in [-0.25, -0.2) is 0 Å². The summed E-state index contributed by atoms with van der Waals surface area (Å²) in [5.41, 5.74) is 0.649. The number of nitrogens with one attached hydrogen (secondary N) is 1. The molecule has 2 amide bonds. The maximum Gasteiger partial charge on any atom is 0.287 e. The highest BCUT2D eigenvalue weighted by atomic mass is 79.9. The van der Waals surface area contributed by atoms with Crippen molar-refractivity contribution >= 4 is 27.7 Å². The second-order valence-corrected chi connectivity index (χ2v) is 6.88. The highest BCUT2D eigenvalue weighted by Crippen LogP contribution is 2.18. The van der Waals surface area contributed by atoms with E-state index in [9.17, 15) is 9.59 Å². The Morgan fingerprint density at radius 2 is 1.88 bits per heavy atom. The quantitative estimate of drug-likeness (QED) is 0.803. The molecule has 1 saturated heterocycles. The summed E-state index contributed by atoms with van der Waals surface area (Å²) in [5.74, 6) is 0.819. The second-order valence-electron chi connectivity index (χ2n) is 6.10. The van der Waals surface area contributed by atoms with Crippen LogP contribution in [0.25, 0.3) is 0 Å². The normalized spacial score (nSPS) is 14.9. The van der Waals surface area contributed by atoms with E-state index in [0.717, 1.165) is 18.6 Å². The van der Waals surface area contributed by atoms with Crippen molar-refractivity contribution < 1.29 is 18.7 Å². The Morgan fingerprint density at radius 1 is 1.19 bits per heavy atom. The van der Waals surface area contributed by atoms with Crippen LogP contribution in [0.5, 0.6) is 5.75 Å². The average Bonchev–Trinajstić information content (AvgIpc) is 3.09. The van der Waals surface area contributed by atoms with Gasteiger partial charge in [0.15, 0.2) is 10.4 Å². The Labute approximate surface area is 160 Å². The van der Waals surface area contributed by atoms with Gasteiger partial charge in [0, 0.05) is 24.7 Å². The highest BCUT2D eigenvalue weighted by Gasteiger charge is 2.25. The summed E-state index contributed by atoms with van der Waals surface area (Å²) in [6.45, 7) is 3.74. The molecule has 1 aliphatic heterocycles. The number of halogens is 1. The van der Waals surface area contributed by atoms with Gasteiger partial charge in [0.1, 0.15) is 5.75 Å². The van der Waals surface area contributed by atoms with Crippen LogP contribution in [0.4, 0.5) is 0 Å². The fourth-order valence-electron chi connectivity index (χ4n) is 2.96. The first-order valence-corrected chi connectivity index (χ1v) is 9.44. The minimum absolute atomic E-state index is 0.00721. The lowest BCUT2D eigenvalue weighted by Gasteiger charge is -2.32. The number of likely N-dealkylation sites (tertiary alicyclic amines) is 1. The van der Waals surface area contributed by atoms with Crippen molar-refractivity contribution in [3.8, 4) is 5.75 Å². The number of piperidine rings is 1. The van der Waals surface area contributed by atoms with Gasteiger partial charge in [-0.1, -0.05) is 0 Å². The standard InChI is InChI=1S/C19H21BrN2O4/c1-2-25-15-5-3-13(4-6-15)19(24)22-11-9-14(10-12-22)21-18(23)16-7-8-17(20)26-16/h3-8,14H,2,9-12H2,1H3,(H,21,23). The van der Waals surface area contributed by atoms with Crippen molar-refractivity contribution in [2.45, 2.75) is 25.8 Å². The van der Waals surface area contributed by atoms with Crippen LogP contribution in [-0.2, 0) is 0 Å². The molecule has 0 atom stereocenters. The van der Waals surface area contributed by atoms with E-state index in [1.54, 1.807) is 24.3 Å². The monoisotopic (exact) mass is 420 g/mol. The van der Waals surface area contributed by atoms with E-state index in [4.69, 9.17) is 9.15 Å². The number of ether oxygens (including phenoxy) is 1. The van der Waals surface area contributed by atoms with Gasteiger partial charge in [0.25, 0.3) is 11.8 Å². The molecular formula is C19H21BrN2O4. The molecule has 1 aliphatic rings. The molecule has 1 aromatic heterocycles. The number of carbonyl (C=O) groups is 2. The maximum atomic E-state index is 12.6. The van der Waals surface area contributed by atoms with E-state index in [2.05, 4.69) is 21.2 Å². The van der Waals surface area contributed by atoms with Crippen LogP contribution in [0, 0.1) is 0 Å². The fraction of sp³-hybridized carbons (Fsp3) is 0.368. The molecule has 0 radical (unpaired) electrons. The number of carbonyl (C=O) groups excluding carboxylic acids is 2. The van der Waals surface area contributed by atoms with Gasteiger partial charge in [-0.15, -0.1) is 0 Å². The third-order valence-corrected chi connectivity index (χ3v) is 4.75.